The molecule has 0 bridgehead atoms. The number of anilines is 1. The van der Waals surface area contributed by atoms with Gasteiger partial charge in [-0.3, -0.25) is 4.40 Å². The van der Waals surface area contributed by atoms with E-state index in [1.807, 2.05) is 7.05 Å². The van der Waals surface area contributed by atoms with Gasteiger partial charge in [-0.1, -0.05) is 19.3 Å². The van der Waals surface area contributed by atoms with E-state index in [1.165, 1.54) is 43.6 Å². The summed E-state index contributed by atoms with van der Waals surface area (Å²) >= 11 is 1.72. The van der Waals surface area contributed by atoms with Crippen molar-refractivity contribution in [1.82, 2.24) is 14.7 Å². The van der Waals surface area contributed by atoms with E-state index in [2.05, 4.69) is 26.2 Å². The van der Waals surface area contributed by atoms with Gasteiger partial charge in [0.25, 0.3) is 0 Å². The van der Waals surface area contributed by atoms with E-state index in [4.69, 9.17) is 4.98 Å². The molecule has 1 aliphatic heterocycles. The van der Waals surface area contributed by atoms with Crippen LogP contribution in [-0.2, 0) is 6.54 Å². The average Bonchev–Trinajstić information content (AvgIpc) is 2.92. The standard InChI is InChI=1S/C14H22N4S/c1-15-11-12-13(16-14-18(12)9-10-19-14)17-7-5-3-2-4-6-8-17/h9-10,15H,2-8,11H2,1H3. The van der Waals surface area contributed by atoms with Crippen molar-refractivity contribution < 1.29 is 0 Å². The van der Waals surface area contributed by atoms with Crippen molar-refractivity contribution in [2.75, 3.05) is 25.0 Å². The van der Waals surface area contributed by atoms with E-state index in [0.29, 0.717) is 0 Å². The molecule has 1 saturated heterocycles. The maximum atomic E-state index is 4.85. The topological polar surface area (TPSA) is 32.6 Å². The number of aromatic nitrogens is 2. The van der Waals surface area contributed by atoms with Crippen molar-refractivity contribution in [3.63, 3.8) is 0 Å². The van der Waals surface area contributed by atoms with Crippen LogP contribution >= 0.6 is 11.3 Å². The van der Waals surface area contributed by atoms with E-state index >= 15 is 0 Å². The molecule has 0 atom stereocenters. The number of rotatable bonds is 3. The number of hydrogen-bond donors (Lipinski definition) is 1. The van der Waals surface area contributed by atoms with Gasteiger partial charge in [0.05, 0.1) is 5.69 Å². The Morgan fingerprint density at radius 1 is 1.21 bits per heavy atom. The SMILES string of the molecule is CNCc1c(N2CCCCCCC2)nc2sccn12. The van der Waals surface area contributed by atoms with Crippen LogP contribution in [0.25, 0.3) is 4.96 Å². The highest BCUT2D eigenvalue weighted by Gasteiger charge is 2.18. The third-order valence-corrected chi connectivity index (χ3v) is 4.60. The summed E-state index contributed by atoms with van der Waals surface area (Å²) in [4.78, 5) is 8.46. The number of thiazole rings is 1. The lowest BCUT2D eigenvalue weighted by atomic mass is 10.1. The second-order valence-electron chi connectivity index (χ2n) is 5.22. The maximum absolute atomic E-state index is 4.85. The summed E-state index contributed by atoms with van der Waals surface area (Å²) in [6.07, 6.45) is 8.84. The van der Waals surface area contributed by atoms with E-state index in [-0.39, 0.29) is 0 Å². The molecule has 1 aliphatic rings. The minimum Gasteiger partial charge on any atom is -0.355 e. The highest BCUT2D eigenvalue weighted by molar-refractivity contribution is 7.15. The molecule has 4 nitrogen and oxygen atoms in total. The van der Waals surface area contributed by atoms with Gasteiger partial charge in [-0.05, 0) is 19.9 Å². The Labute approximate surface area is 118 Å². The summed E-state index contributed by atoms with van der Waals surface area (Å²) in [5, 5.41) is 5.39. The average molecular weight is 278 g/mol. The van der Waals surface area contributed by atoms with Crippen molar-refractivity contribution >= 4 is 22.1 Å². The first kappa shape index (κ1) is 12.9. The Morgan fingerprint density at radius 2 is 1.95 bits per heavy atom. The second-order valence-corrected chi connectivity index (χ2v) is 6.10. The predicted molar refractivity (Wildman–Crippen MR) is 81.1 cm³/mol. The number of hydrogen-bond acceptors (Lipinski definition) is 4. The van der Waals surface area contributed by atoms with Crippen molar-refractivity contribution in [3.05, 3.63) is 17.3 Å². The predicted octanol–water partition coefficient (Wildman–Crippen LogP) is 2.89. The molecule has 1 fully saturated rings. The highest BCUT2D eigenvalue weighted by atomic mass is 32.1. The first-order valence-electron chi connectivity index (χ1n) is 7.24. The first-order valence-corrected chi connectivity index (χ1v) is 8.12. The van der Waals surface area contributed by atoms with Crippen molar-refractivity contribution in [3.8, 4) is 0 Å². The van der Waals surface area contributed by atoms with Gasteiger partial charge in [-0.2, -0.15) is 0 Å². The minimum absolute atomic E-state index is 0.879. The summed E-state index contributed by atoms with van der Waals surface area (Å²) in [6.45, 7) is 3.19. The summed E-state index contributed by atoms with van der Waals surface area (Å²) in [6, 6.07) is 0. The maximum Gasteiger partial charge on any atom is 0.195 e. The summed E-state index contributed by atoms with van der Waals surface area (Å²) in [7, 11) is 2.00. The molecular formula is C14H22N4S. The molecule has 0 aliphatic carbocycles. The van der Waals surface area contributed by atoms with Crippen molar-refractivity contribution in [1.29, 1.82) is 0 Å². The Kier molecular flexibility index (Phi) is 4.03. The van der Waals surface area contributed by atoms with Crippen LogP contribution < -0.4 is 10.2 Å². The Balaban J connectivity index is 1.92. The van der Waals surface area contributed by atoms with E-state index in [9.17, 15) is 0 Å². The van der Waals surface area contributed by atoms with Gasteiger partial charge in [-0.15, -0.1) is 11.3 Å². The molecule has 3 heterocycles. The van der Waals surface area contributed by atoms with E-state index in [1.54, 1.807) is 11.3 Å². The number of fused-ring (bicyclic) bond motifs is 1. The van der Waals surface area contributed by atoms with Crippen LogP contribution in [0.5, 0.6) is 0 Å². The zero-order valence-corrected chi connectivity index (χ0v) is 12.4. The van der Waals surface area contributed by atoms with Crippen LogP contribution in [0, 0.1) is 0 Å². The molecule has 3 rings (SSSR count). The second kappa shape index (κ2) is 5.92. The molecule has 0 unspecified atom stereocenters. The van der Waals surface area contributed by atoms with Gasteiger partial charge in [-0.25, -0.2) is 4.98 Å². The van der Waals surface area contributed by atoms with Crippen LogP contribution in [-0.4, -0.2) is 29.5 Å². The minimum atomic E-state index is 0.879. The van der Waals surface area contributed by atoms with E-state index in [0.717, 1.165) is 24.6 Å². The summed E-state index contributed by atoms with van der Waals surface area (Å²) < 4.78 is 2.23. The summed E-state index contributed by atoms with van der Waals surface area (Å²) in [5.74, 6) is 1.20. The molecule has 0 saturated carbocycles. The third-order valence-electron chi connectivity index (χ3n) is 3.84. The zero-order valence-electron chi connectivity index (χ0n) is 11.6. The molecule has 19 heavy (non-hydrogen) atoms. The molecule has 0 amide bonds. The number of imidazole rings is 1. The fourth-order valence-corrected chi connectivity index (χ4v) is 3.59. The van der Waals surface area contributed by atoms with Gasteiger partial charge in [0.1, 0.15) is 0 Å². The highest BCUT2D eigenvalue weighted by Crippen LogP contribution is 2.26. The first-order chi connectivity index (χ1) is 9.40. The summed E-state index contributed by atoms with van der Waals surface area (Å²) in [5.41, 5.74) is 1.30. The smallest absolute Gasteiger partial charge is 0.195 e. The number of nitrogens with zero attached hydrogens (tertiary/aromatic N) is 3. The molecule has 0 spiro atoms. The molecule has 104 valence electrons. The Hall–Kier alpha value is -1.07. The molecule has 2 aromatic heterocycles. The lowest BCUT2D eigenvalue weighted by Crippen LogP contribution is -2.29. The lowest BCUT2D eigenvalue weighted by Gasteiger charge is -2.25. The Bertz CT molecular complexity index is 523. The fourth-order valence-electron chi connectivity index (χ4n) is 2.87. The quantitative estimate of drug-likeness (QED) is 0.937. The lowest BCUT2D eigenvalue weighted by molar-refractivity contribution is 0.552. The van der Waals surface area contributed by atoms with Crippen LogP contribution in [0.15, 0.2) is 11.6 Å². The molecular weight excluding hydrogens is 256 g/mol. The van der Waals surface area contributed by atoms with Crippen LogP contribution in [0.2, 0.25) is 0 Å². The molecule has 2 aromatic rings. The van der Waals surface area contributed by atoms with Gasteiger partial charge in [0.2, 0.25) is 0 Å². The van der Waals surface area contributed by atoms with Gasteiger partial charge < -0.3 is 10.2 Å². The largest absolute Gasteiger partial charge is 0.355 e. The van der Waals surface area contributed by atoms with Crippen molar-refractivity contribution in [2.24, 2.45) is 0 Å². The normalized spacial score (nSPS) is 17.6. The number of nitrogens with one attached hydrogen (secondary N) is 1. The zero-order chi connectivity index (χ0) is 13.1. The monoisotopic (exact) mass is 278 g/mol. The van der Waals surface area contributed by atoms with Crippen LogP contribution in [0.1, 0.15) is 37.8 Å². The van der Waals surface area contributed by atoms with Crippen LogP contribution in [0.4, 0.5) is 5.82 Å². The van der Waals surface area contributed by atoms with E-state index < -0.39 is 0 Å². The van der Waals surface area contributed by atoms with Gasteiger partial charge in [0, 0.05) is 31.2 Å². The van der Waals surface area contributed by atoms with Crippen LogP contribution in [0.3, 0.4) is 0 Å². The Morgan fingerprint density at radius 3 is 2.68 bits per heavy atom. The molecule has 5 heteroatoms. The third kappa shape index (κ3) is 2.62. The van der Waals surface area contributed by atoms with Gasteiger partial charge >= 0.3 is 0 Å². The molecule has 0 aromatic carbocycles. The fraction of sp³-hybridized carbons (Fsp3) is 0.643. The molecule has 0 radical (unpaired) electrons. The molecule has 1 N–H and O–H groups in total. The van der Waals surface area contributed by atoms with Crippen molar-refractivity contribution in [2.45, 2.75) is 38.6 Å². The van der Waals surface area contributed by atoms with Gasteiger partial charge in [0.15, 0.2) is 10.8 Å².